The molecule has 16 heteroatoms. The van der Waals surface area contributed by atoms with E-state index in [0.717, 1.165) is 27.3 Å². The van der Waals surface area contributed by atoms with Crippen LogP contribution in [0.3, 0.4) is 0 Å². The maximum absolute atomic E-state index is 15.2. The van der Waals surface area contributed by atoms with Crippen molar-refractivity contribution in [3.8, 4) is 17.6 Å². The zero-order valence-corrected chi connectivity index (χ0v) is 34.0. The lowest BCUT2D eigenvalue weighted by atomic mass is 9.80. The average molecular weight is 804 g/mol. The molecule has 2 N–H and O–H groups in total. The summed E-state index contributed by atoms with van der Waals surface area (Å²) in [5.74, 6) is 0.755. The molecule has 0 bridgehead atoms. The van der Waals surface area contributed by atoms with Crippen LogP contribution in [0.5, 0.6) is 11.5 Å². The summed E-state index contributed by atoms with van der Waals surface area (Å²) in [4.78, 5) is 40.6. The Morgan fingerprint density at radius 1 is 0.930 bits per heavy atom. The lowest BCUT2D eigenvalue weighted by molar-refractivity contribution is -0.121. The van der Waals surface area contributed by atoms with Gasteiger partial charge in [0.05, 0.1) is 39.9 Å². The van der Waals surface area contributed by atoms with E-state index in [1.807, 2.05) is 113 Å². The van der Waals surface area contributed by atoms with Crippen LogP contribution in [0.25, 0.3) is 0 Å². The van der Waals surface area contributed by atoms with E-state index in [4.69, 9.17) is 28.0 Å². The molecule has 5 atom stereocenters. The van der Waals surface area contributed by atoms with Crippen LogP contribution in [-0.2, 0) is 33.5 Å². The lowest BCUT2D eigenvalue weighted by Crippen LogP contribution is -2.50. The van der Waals surface area contributed by atoms with Gasteiger partial charge < -0.3 is 24.3 Å². The van der Waals surface area contributed by atoms with Gasteiger partial charge in [0.25, 0.3) is 5.56 Å². The third kappa shape index (κ3) is 9.56. The second-order valence-corrected chi connectivity index (χ2v) is 15.8. The monoisotopic (exact) mass is 803 g/mol. The minimum Gasteiger partial charge on any atom is -0.497 e. The van der Waals surface area contributed by atoms with Crippen LogP contribution in [-0.4, -0.2) is 77.9 Å². The first-order valence-electron chi connectivity index (χ1n) is 18.6. The molecule has 5 rings (SSSR count). The van der Waals surface area contributed by atoms with E-state index in [2.05, 4.69) is 10.3 Å². The van der Waals surface area contributed by atoms with E-state index in [1.54, 1.807) is 18.9 Å². The van der Waals surface area contributed by atoms with E-state index in [9.17, 15) is 19.6 Å². The van der Waals surface area contributed by atoms with Crippen molar-refractivity contribution >= 4 is 13.7 Å². The summed E-state index contributed by atoms with van der Waals surface area (Å²) in [6, 6.07) is 25.7. The molecule has 1 fully saturated rings. The molecule has 304 valence electrons. The number of amides is 1. The fourth-order valence-corrected chi connectivity index (χ4v) is 9.54. The van der Waals surface area contributed by atoms with E-state index >= 15 is 4.57 Å². The van der Waals surface area contributed by atoms with E-state index in [1.165, 1.54) is 13.1 Å². The Labute approximate surface area is 332 Å². The SMILES string of the molecule is COc1ccc(C(OC[C@H]2O[C@@H](n3ccc(=O)[nH]c3=O)[C@H](NC(C)=O)[C@@H]2OP(=O)(OCCC#N)N(C(C)C)C(C)C)(c2ccccc2)c2ccc(OC)cc2)cc1. The van der Waals surface area contributed by atoms with Gasteiger partial charge in [0.15, 0.2) is 6.23 Å². The number of nitrogens with zero attached hydrogens (tertiary/aromatic N) is 3. The van der Waals surface area contributed by atoms with E-state index < -0.39 is 55.0 Å². The number of aromatic amines is 1. The van der Waals surface area contributed by atoms with Crippen molar-refractivity contribution < 1.29 is 37.4 Å². The lowest BCUT2D eigenvalue weighted by Gasteiger charge is -2.39. The first-order chi connectivity index (χ1) is 27.3. The third-order valence-electron chi connectivity index (χ3n) is 9.54. The van der Waals surface area contributed by atoms with Crippen molar-refractivity contribution in [1.29, 1.82) is 5.26 Å². The molecule has 0 aliphatic carbocycles. The first kappa shape index (κ1) is 43.1. The van der Waals surface area contributed by atoms with Crippen molar-refractivity contribution in [1.82, 2.24) is 19.5 Å². The molecule has 1 aliphatic rings. The van der Waals surface area contributed by atoms with Gasteiger partial charge in [0.2, 0.25) is 5.91 Å². The van der Waals surface area contributed by atoms with Crippen molar-refractivity contribution in [3.05, 3.63) is 129 Å². The molecule has 0 radical (unpaired) electrons. The van der Waals surface area contributed by atoms with E-state index in [-0.39, 0.29) is 31.7 Å². The second-order valence-electron chi connectivity index (χ2n) is 14.0. The smallest absolute Gasteiger partial charge is 0.409 e. The van der Waals surface area contributed by atoms with Crippen LogP contribution in [0.4, 0.5) is 0 Å². The number of nitrogens with one attached hydrogen (secondary N) is 2. The number of carbonyl (C=O) groups excluding carboxylic acids is 1. The van der Waals surface area contributed by atoms with Gasteiger partial charge >= 0.3 is 13.4 Å². The van der Waals surface area contributed by atoms with Gasteiger partial charge in [-0.15, -0.1) is 0 Å². The number of ether oxygens (including phenoxy) is 4. The number of hydrogen-bond acceptors (Lipinski definition) is 11. The quantitative estimate of drug-likeness (QED) is 0.0733. The van der Waals surface area contributed by atoms with Gasteiger partial charge in [-0.05, 0) is 68.7 Å². The highest BCUT2D eigenvalue weighted by Gasteiger charge is 2.53. The maximum atomic E-state index is 15.2. The second kappa shape index (κ2) is 18.9. The minimum atomic E-state index is -4.31. The summed E-state index contributed by atoms with van der Waals surface area (Å²) in [6.45, 7) is 8.16. The Kier molecular flexibility index (Phi) is 14.3. The average Bonchev–Trinajstić information content (AvgIpc) is 3.50. The van der Waals surface area contributed by atoms with Gasteiger partial charge in [-0.25, -0.2) is 14.0 Å². The predicted octanol–water partition coefficient (Wildman–Crippen LogP) is 5.51. The Morgan fingerprint density at radius 3 is 1.98 bits per heavy atom. The number of rotatable bonds is 18. The van der Waals surface area contributed by atoms with Crippen molar-refractivity contribution in [2.75, 3.05) is 27.4 Å². The molecule has 1 aliphatic heterocycles. The summed E-state index contributed by atoms with van der Waals surface area (Å²) in [5.41, 5.74) is -0.573. The molecular formula is C41H50N5O10P. The summed E-state index contributed by atoms with van der Waals surface area (Å²) >= 11 is 0. The summed E-state index contributed by atoms with van der Waals surface area (Å²) in [7, 11) is -1.15. The molecule has 1 aromatic heterocycles. The summed E-state index contributed by atoms with van der Waals surface area (Å²) in [6.07, 6.45) is -2.52. The molecule has 4 aromatic rings. The van der Waals surface area contributed by atoms with E-state index in [0.29, 0.717) is 11.5 Å². The number of benzene rings is 3. The van der Waals surface area contributed by atoms with Crippen molar-refractivity contribution in [2.45, 2.75) is 83.2 Å². The highest BCUT2D eigenvalue weighted by molar-refractivity contribution is 7.51. The van der Waals surface area contributed by atoms with Gasteiger partial charge in [0, 0.05) is 31.3 Å². The number of nitriles is 1. The van der Waals surface area contributed by atoms with Gasteiger partial charge in [-0.2, -0.15) is 5.26 Å². The molecule has 1 saturated heterocycles. The summed E-state index contributed by atoms with van der Waals surface area (Å²) in [5, 5.41) is 12.2. The Bertz CT molecular complexity index is 2100. The number of aromatic nitrogens is 2. The molecule has 15 nitrogen and oxygen atoms in total. The Balaban J connectivity index is 1.71. The number of methoxy groups -OCH3 is 2. The zero-order chi connectivity index (χ0) is 41.3. The fraction of sp³-hybridized carbons (Fsp3) is 0.415. The minimum absolute atomic E-state index is 0.0705. The number of carbonyl (C=O) groups is 1. The predicted molar refractivity (Wildman–Crippen MR) is 212 cm³/mol. The maximum Gasteiger partial charge on any atom is 0.409 e. The van der Waals surface area contributed by atoms with Crippen molar-refractivity contribution in [3.63, 3.8) is 0 Å². The molecule has 0 spiro atoms. The Hall–Kier alpha value is -5.07. The van der Waals surface area contributed by atoms with Crippen molar-refractivity contribution in [2.24, 2.45) is 0 Å². The molecule has 1 amide bonds. The topological polar surface area (TPSA) is 183 Å². The molecule has 2 heterocycles. The highest BCUT2D eigenvalue weighted by atomic mass is 31.2. The normalized spacial score (nSPS) is 19.3. The number of hydrogen-bond donors (Lipinski definition) is 2. The molecule has 3 aromatic carbocycles. The molecule has 57 heavy (non-hydrogen) atoms. The number of H-pyrrole nitrogens is 1. The zero-order valence-electron chi connectivity index (χ0n) is 33.1. The fourth-order valence-electron chi connectivity index (χ4n) is 7.21. The van der Waals surface area contributed by atoms with Gasteiger partial charge in [-0.1, -0.05) is 54.6 Å². The Morgan fingerprint density at radius 2 is 1.49 bits per heavy atom. The third-order valence-corrected chi connectivity index (χ3v) is 12.0. The van der Waals surface area contributed by atoms with Gasteiger partial charge in [0.1, 0.15) is 35.3 Å². The van der Waals surface area contributed by atoms with Crippen LogP contribution in [0.15, 0.2) is 101 Å². The standard InChI is InChI=1S/C41H50N5O10P/c1-27(2)46(28(3)4)57(50,54-25-11-23-42)56-38-35(55-39(37(38)43-29(5)47)45-24-22-36(48)44-40(45)49)26-53-41(30-12-9-8-10-13-30,31-14-18-33(51-6)19-15-31)32-16-20-34(52-7)21-17-32/h8-10,12-22,24,27-28,35,37-39H,11,25-26H2,1-7H3,(H,43,47)(H,44,48,49)/t35-,37-,38-,39-,57?/m1/s1. The van der Waals surface area contributed by atoms with Crippen LogP contribution in [0.2, 0.25) is 0 Å². The van der Waals surface area contributed by atoms with Gasteiger partial charge in [-0.3, -0.25) is 28.2 Å². The van der Waals surface area contributed by atoms with Crippen LogP contribution < -0.4 is 26.0 Å². The van der Waals surface area contributed by atoms with Crippen LogP contribution in [0.1, 0.15) is 64.0 Å². The largest absolute Gasteiger partial charge is 0.497 e. The highest BCUT2D eigenvalue weighted by Crippen LogP contribution is 2.57. The van der Waals surface area contributed by atoms with Crippen LogP contribution in [0, 0.1) is 11.3 Å². The van der Waals surface area contributed by atoms with Crippen LogP contribution >= 0.6 is 7.75 Å². The first-order valence-corrected chi connectivity index (χ1v) is 20.1. The molecular weight excluding hydrogens is 753 g/mol. The summed E-state index contributed by atoms with van der Waals surface area (Å²) < 4.78 is 55.3. The molecule has 1 unspecified atom stereocenters. The molecule has 0 saturated carbocycles.